The smallest absolute Gasteiger partial charge is 0.258 e. The molecule has 0 fully saturated rings. The number of hydrogen-bond acceptors (Lipinski definition) is 2. The Morgan fingerprint density at radius 3 is 2.47 bits per heavy atom. The summed E-state index contributed by atoms with van der Waals surface area (Å²) in [6, 6.07) is 15.1. The van der Waals surface area contributed by atoms with Gasteiger partial charge in [0.15, 0.2) is 0 Å². The number of carbonyl (C=O) groups is 1. The molecule has 2 rings (SSSR count). The van der Waals surface area contributed by atoms with Gasteiger partial charge in [0.1, 0.15) is 0 Å². The second kappa shape index (κ2) is 5.57. The van der Waals surface area contributed by atoms with Crippen molar-refractivity contribution in [3.63, 3.8) is 0 Å². The second-order valence-electron chi connectivity index (χ2n) is 4.46. The summed E-state index contributed by atoms with van der Waals surface area (Å²) in [4.78, 5) is 14.4. The molecule has 0 aliphatic carbocycles. The van der Waals surface area contributed by atoms with Gasteiger partial charge in [-0.2, -0.15) is 0 Å². The van der Waals surface area contributed by atoms with Gasteiger partial charge in [0, 0.05) is 23.5 Å². The molecule has 0 saturated heterocycles. The maximum Gasteiger partial charge on any atom is 0.258 e. The van der Waals surface area contributed by atoms with Crippen LogP contribution in [0.5, 0.6) is 0 Å². The Kier molecular flexibility index (Phi) is 3.85. The van der Waals surface area contributed by atoms with Crippen molar-refractivity contribution in [2.45, 2.75) is 13.8 Å². The minimum atomic E-state index is -0.0153. The first kappa shape index (κ1) is 13.1. The van der Waals surface area contributed by atoms with Crippen molar-refractivity contribution in [3.05, 3.63) is 59.7 Å². The normalized spacial score (nSPS) is 10.2. The number of benzene rings is 2. The fraction of sp³-hybridized carbons (Fsp3) is 0.188. The van der Waals surface area contributed by atoms with E-state index >= 15 is 0 Å². The Morgan fingerprint density at radius 1 is 1.16 bits per heavy atom. The van der Waals surface area contributed by atoms with Crippen molar-refractivity contribution in [2.24, 2.45) is 0 Å². The molecule has 19 heavy (non-hydrogen) atoms. The van der Waals surface area contributed by atoms with E-state index in [0.29, 0.717) is 17.8 Å². The Hall–Kier alpha value is -2.29. The largest absolute Gasteiger partial charge is 0.399 e. The minimum absolute atomic E-state index is 0.0153. The van der Waals surface area contributed by atoms with Gasteiger partial charge in [0.2, 0.25) is 0 Å². The van der Waals surface area contributed by atoms with E-state index in [-0.39, 0.29) is 5.91 Å². The second-order valence-corrected chi connectivity index (χ2v) is 4.46. The van der Waals surface area contributed by atoms with Gasteiger partial charge in [-0.25, -0.2) is 0 Å². The third kappa shape index (κ3) is 2.76. The van der Waals surface area contributed by atoms with E-state index in [4.69, 9.17) is 5.73 Å². The number of para-hydroxylation sites is 1. The van der Waals surface area contributed by atoms with E-state index in [0.717, 1.165) is 11.3 Å². The van der Waals surface area contributed by atoms with Crippen LogP contribution in [0.3, 0.4) is 0 Å². The fourth-order valence-corrected chi connectivity index (χ4v) is 2.07. The minimum Gasteiger partial charge on any atom is -0.399 e. The van der Waals surface area contributed by atoms with Crippen LogP contribution in [0.15, 0.2) is 48.5 Å². The summed E-state index contributed by atoms with van der Waals surface area (Å²) in [5.74, 6) is -0.0153. The molecule has 3 nitrogen and oxygen atoms in total. The zero-order chi connectivity index (χ0) is 13.8. The van der Waals surface area contributed by atoms with Crippen molar-refractivity contribution in [2.75, 3.05) is 17.2 Å². The van der Waals surface area contributed by atoms with E-state index in [1.807, 2.05) is 56.3 Å². The van der Waals surface area contributed by atoms with E-state index in [2.05, 4.69) is 0 Å². The van der Waals surface area contributed by atoms with Crippen LogP contribution in [-0.4, -0.2) is 12.5 Å². The van der Waals surface area contributed by atoms with Crippen molar-refractivity contribution in [3.8, 4) is 0 Å². The van der Waals surface area contributed by atoms with Crippen LogP contribution in [0.2, 0.25) is 0 Å². The molecule has 1 amide bonds. The zero-order valence-electron chi connectivity index (χ0n) is 11.3. The molecule has 0 radical (unpaired) electrons. The van der Waals surface area contributed by atoms with Crippen molar-refractivity contribution >= 4 is 17.3 Å². The molecular formula is C16H18N2O. The lowest BCUT2D eigenvalue weighted by Gasteiger charge is -2.22. The summed E-state index contributed by atoms with van der Waals surface area (Å²) in [5.41, 5.74) is 8.88. The summed E-state index contributed by atoms with van der Waals surface area (Å²) in [5, 5.41) is 0. The highest BCUT2D eigenvalue weighted by molar-refractivity contribution is 6.07. The molecule has 0 bridgehead atoms. The molecule has 2 N–H and O–H groups in total. The van der Waals surface area contributed by atoms with Crippen LogP contribution in [0.1, 0.15) is 22.8 Å². The highest BCUT2D eigenvalue weighted by atomic mass is 16.2. The molecule has 98 valence electrons. The summed E-state index contributed by atoms with van der Waals surface area (Å²) in [6.45, 7) is 4.51. The molecule has 0 saturated carbocycles. The number of amides is 1. The topological polar surface area (TPSA) is 46.3 Å². The molecule has 0 aromatic heterocycles. The lowest BCUT2D eigenvalue weighted by atomic mass is 10.1. The van der Waals surface area contributed by atoms with E-state index in [1.165, 1.54) is 0 Å². The van der Waals surface area contributed by atoms with Gasteiger partial charge in [0.25, 0.3) is 5.91 Å². The molecule has 0 aliphatic heterocycles. The first-order valence-electron chi connectivity index (χ1n) is 6.36. The van der Waals surface area contributed by atoms with Crippen molar-refractivity contribution < 1.29 is 4.79 Å². The van der Waals surface area contributed by atoms with Gasteiger partial charge in [0.05, 0.1) is 0 Å². The van der Waals surface area contributed by atoms with Crippen molar-refractivity contribution in [1.82, 2.24) is 0 Å². The lowest BCUT2D eigenvalue weighted by molar-refractivity contribution is 0.0988. The lowest BCUT2D eigenvalue weighted by Crippen LogP contribution is -2.31. The molecule has 2 aromatic rings. The maximum absolute atomic E-state index is 12.6. The molecule has 0 spiro atoms. The van der Waals surface area contributed by atoms with Crippen molar-refractivity contribution in [1.29, 1.82) is 0 Å². The molecule has 0 atom stereocenters. The molecule has 3 heteroatoms. The SMILES string of the molecule is CCN(C(=O)c1cc(N)ccc1C)c1ccccc1. The standard InChI is InChI=1S/C16H18N2O/c1-3-18(14-7-5-4-6-8-14)16(19)15-11-13(17)10-9-12(15)2/h4-11H,3,17H2,1-2H3. The fourth-order valence-electron chi connectivity index (χ4n) is 2.07. The summed E-state index contributed by atoms with van der Waals surface area (Å²) >= 11 is 0. The number of carbonyl (C=O) groups excluding carboxylic acids is 1. The summed E-state index contributed by atoms with van der Waals surface area (Å²) in [7, 11) is 0. The van der Waals surface area contributed by atoms with Gasteiger partial charge in [-0.15, -0.1) is 0 Å². The molecular weight excluding hydrogens is 236 g/mol. The average molecular weight is 254 g/mol. The number of anilines is 2. The van der Waals surface area contributed by atoms with Crippen LogP contribution >= 0.6 is 0 Å². The Balaban J connectivity index is 2.39. The number of hydrogen-bond donors (Lipinski definition) is 1. The van der Waals surface area contributed by atoms with Crippen LogP contribution in [0, 0.1) is 6.92 Å². The monoisotopic (exact) mass is 254 g/mol. The molecule has 0 aliphatic rings. The predicted molar refractivity (Wildman–Crippen MR) is 79.4 cm³/mol. The maximum atomic E-state index is 12.6. The van der Waals surface area contributed by atoms with Gasteiger partial charge in [-0.05, 0) is 43.7 Å². The van der Waals surface area contributed by atoms with Gasteiger partial charge in [-0.1, -0.05) is 24.3 Å². The van der Waals surface area contributed by atoms with Gasteiger partial charge in [-0.3, -0.25) is 4.79 Å². The highest BCUT2D eigenvalue weighted by Crippen LogP contribution is 2.20. The number of rotatable bonds is 3. The van der Waals surface area contributed by atoms with Crippen LogP contribution in [-0.2, 0) is 0 Å². The molecule has 0 heterocycles. The third-order valence-electron chi connectivity index (χ3n) is 3.12. The average Bonchev–Trinajstić information content (AvgIpc) is 2.43. The first-order valence-corrected chi connectivity index (χ1v) is 6.36. The third-order valence-corrected chi connectivity index (χ3v) is 3.12. The first-order chi connectivity index (χ1) is 9.13. The zero-order valence-corrected chi connectivity index (χ0v) is 11.3. The van der Waals surface area contributed by atoms with Gasteiger partial charge < -0.3 is 10.6 Å². The van der Waals surface area contributed by atoms with E-state index in [9.17, 15) is 4.79 Å². The summed E-state index contributed by atoms with van der Waals surface area (Å²) in [6.07, 6.45) is 0. The van der Waals surface area contributed by atoms with E-state index < -0.39 is 0 Å². The Morgan fingerprint density at radius 2 is 1.84 bits per heavy atom. The van der Waals surface area contributed by atoms with Crippen LogP contribution in [0.4, 0.5) is 11.4 Å². The van der Waals surface area contributed by atoms with Gasteiger partial charge >= 0.3 is 0 Å². The Bertz CT molecular complexity index is 579. The molecule has 0 unspecified atom stereocenters. The van der Waals surface area contributed by atoms with Crippen LogP contribution in [0.25, 0.3) is 0 Å². The molecule has 2 aromatic carbocycles. The number of nitrogens with zero attached hydrogens (tertiary/aromatic N) is 1. The number of nitrogens with two attached hydrogens (primary N) is 1. The van der Waals surface area contributed by atoms with Crippen LogP contribution < -0.4 is 10.6 Å². The predicted octanol–water partition coefficient (Wildman–Crippen LogP) is 3.24. The number of nitrogen functional groups attached to an aromatic ring is 1. The van der Waals surface area contributed by atoms with E-state index in [1.54, 1.807) is 11.0 Å². The number of aryl methyl sites for hydroxylation is 1. The Labute approximate surface area is 113 Å². The summed E-state index contributed by atoms with van der Waals surface area (Å²) < 4.78 is 0. The quantitative estimate of drug-likeness (QED) is 0.855. The highest BCUT2D eigenvalue weighted by Gasteiger charge is 2.17.